The second-order valence-electron chi connectivity index (χ2n) is 9.02. The molecule has 3 fully saturated rings. The van der Waals surface area contributed by atoms with Crippen LogP contribution in [0.4, 0.5) is 5.13 Å². The Morgan fingerprint density at radius 1 is 1.16 bits per heavy atom. The van der Waals surface area contributed by atoms with E-state index in [0.29, 0.717) is 35.3 Å². The number of anilines is 1. The van der Waals surface area contributed by atoms with Crippen LogP contribution in [0.5, 0.6) is 0 Å². The molecular formula is C22H33N5O2S2. The minimum absolute atomic E-state index is 0.0167. The molecule has 1 atom stereocenters. The van der Waals surface area contributed by atoms with E-state index in [-0.39, 0.29) is 18.4 Å². The van der Waals surface area contributed by atoms with E-state index in [1.807, 2.05) is 10.3 Å². The Labute approximate surface area is 194 Å². The molecule has 2 amide bonds. The highest BCUT2D eigenvalue weighted by Crippen LogP contribution is 2.30. The topological polar surface area (TPSA) is 77.6 Å². The van der Waals surface area contributed by atoms with Crippen LogP contribution >= 0.6 is 23.6 Å². The number of carbonyl (C=O) groups is 2. The molecule has 7 nitrogen and oxygen atoms in total. The maximum atomic E-state index is 13.2. The summed E-state index contributed by atoms with van der Waals surface area (Å²) in [5, 5.41) is 9.47. The highest BCUT2D eigenvalue weighted by molar-refractivity contribution is 7.80. The van der Waals surface area contributed by atoms with Gasteiger partial charge in [-0.1, -0.05) is 44.9 Å². The van der Waals surface area contributed by atoms with Crippen LogP contribution in [0.3, 0.4) is 0 Å². The Bertz CT molecular complexity index is 760. The molecule has 2 heterocycles. The standard InChI is InChI=1S/C22H33N5O2S2/c28-19-15-26(22(30)24-17-8-4-5-9-17)11-12-27(19)18(14-16-6-2-1-3-7-16)20(29)25-21-23-10-13-31-21/h10,13,16-18H,1-9,11-12,14-15H2,(H,24,30)(H,23,25,29). The number of hydrogen-bond donors (Lipinski definition) is 2. The first-order valence-corrected chi connectivity index (χ1v) is 12.9. The molecule has 1 saturated heterocycles. The molecule has 4 rings (SSSR count). The second kappa shape index (κ2) is 10.7. The number of amides is 2. The Morgan fingerprint density at radius 3 is 2.58 bits per heavy atom. The van der Waals surface area contributed by atoms with Crippen molar-refractivity contribution in [2.24, 2.45) is 5.92 Å². The summed E-state index contributed by atoms with van der Waals surface area (Å²) in [5.41, 5.74) is 0. The van der Waals surface area contributed by atoms with E-state index in [9.17, 15) is 9.59 Å². The average molecular weight is 464 g/mol. The van der Waals surface area contributed by atoms with Crippen molar-refractivity contribution in [3.8, 4) is 0 Å². The first-order chi connectivity index (χ1) is 15.1. The van der Waals surface area contributed by atoms with Crippen molar-refractivity contribution in [3.63, 3.8) is 0 Å². The summed E-state index contributed by atoms with van der Waals surface area (Å²) in [6, 6.07) is -0.0123. The normalized spacial score (nSPS) is 21.9. The predicted octanol–water partition coefficient (Wildman–Crippen LogP) is 3.38. The molecule has 0 radical (unpaired) electrons. The van der Waals surface area contributed by atoms with Crippen molar-refractivity contribution < 1.29 is 9.59 Å². The highest BCUT2D eigenvalue weighted by atomic mass is 32.1. The van der Waals surface area contributed by atoms with E-state index in [4.69, 9.17) is 12.2 Å². The van der Waals surface area contributed by atoms with Crippen LogP contribution in [0.15, 0.2) is 11.6 Å². The van der Waals surface area contributed by atoms with Gasteiger partial charge < -0.3 is 20.4 Å². The van der Waals surface area contributed by atoms with Crippen LogP contribution in [0.25, 0.3) is 0 Å². The molecule has 9 heteroatoms. The molecule has 1 aromatic heterocycles. The molecule has 1 aliphatic heterocycles. The van der Waals surface area contributed by atoms with Crippen molar-refractivity contribution in [3.05, 3.63) is 11.6 Å². The van der Waals surface area contributed by atoms with Crippen LogP contribution < -0.4 is 10.6 Å². The molecule has 2 aliphatic carbocycles. The third-order valence-electron chi connectivity index (χ3n) is 6.85. The number of rotatable bonds is 6. The zero-order valence-corrected chi connectivity index (χ0v) is 19.7. The van der Waals surface area contributed by atoms with Crippen LogP contribution in [0.1, 0.15) is 64.2 Å². The Kier molecular flexibility index (Phi) is 7.76. The number of thiazole rings is 1. The fourth-order valence-electron chi connectivity index (χ4n) is 5.11. The molecule has 170 valence electrons. The lowest BCUT2D eigenvalue weighted by Crippen LogP contribution is -2.60. The predicted molar refractivity (Wildman–Crippen MR) is 127 cm³/mol. The summed E-state index contributed by atoms with van der Waals surface area (Å²) < 4.78 is 0. The summed E-state index contributed by atoms with van der Waals surface area (Å²) in [6.45, 7) is 1.42. The Balaban J connectivity index is 1.39. The summed E-state index contributed by atoms with van der Waals surface area (Å²) in [4.78, 5) is 34.3. The number of nitrogens with one attached hydrogen (secondary N) is 2. The van der Waals surface area contributed by atoms with E-state index in [2.05, 4.69) is 15.6 Å². The van der Waals surface area contributed by atoms with Crippen LogP contribution in [-0.2, 0) is 9.59 Å². The fourth-order valence-corrected chi connectivity index (χ4v) is 5.97. The van der Waals surface area contributed by atoms with E-state index in [1.54, 1.807) is 11.1 Å². The van der Waals surface area contributed by atoms with Gasteiger partial charge in [0.15, 0.2) is 10.2 Å². The van der Waals surface area contributed by atoms with Gasteiger partial charge in [-0.25, -0.2) is 4.98 Å². The average Bonchev–Trinajstić information content (AvgIpc) is 3.47. The van der Waals surface area contributed by atoms with Crippen molar-refractivity contribution >= 4 is 45.6 Å². The monoisotopic (exact) mass is 463 g/mol. The van der Waals surface area contributed by atoms with E-state index < -0.39 is 6.04 Å². The summed E-state index contributed by atoms with van der Waals surface area (Å²) >= 11 is 6.99. The van der Waals surface area contributed by atoms with Crippen LogP contribution in [0, 0.1) is 5.92 Å². The Hall–Kier alpha value is -1.74. The van der Waals surface area contributed by atoms with Gasteiger partial charge in [0.05, 0.1) is 6.54 Å². The minimum Gasteiger partial charge on any atom is -0.360 e. The first kappa shape index (κ1) is 22.5. The van der Waals surface area contributed by atoms with Crippen molar-refractivity contribution in [1.29, 1.82) is 0 Å². The fraction of sp³-hybridized carbons (Fsp3) is 0.727. The number of nitrogens with zero attached hydrogens (tertiary/aromatic N) is 3. The lowest BCUT2D eigenvalue weighted by Gasteiger charge is -2.40. The quantitative estimate of drug-likeness (QED) is 0.630. The molecule has 3 aliphatic rings. The van der Waals surface area contributed by atoms with Crippen LogP contribution in [0.2, 0.25) is 0 Å². The number of thiocarbonyl (C=S) groups is 1. The highest BCUT2D eigenvalue weighted by Gasteiger charge is 2.36. The van der Waals surface area contributed by atoms with Crippen molar-refractivity contribution in [2.45, 2.75) is 76.3 Å². The van der Waals surface area contributed by atoms with Crippen molar-refractivity contribution in [2.75, 3.05) is 25.0 Å². The molecule has 31 heavy (non-hydrogen) atoms. The number of piperazine rings is 1. The first-order valence-electron chi connectivity index (χ1n) is 11.7. The lowest BCUT2D eigenvalue weighted by atomic mass is 9.84. The maximum absolute atomic E-state index is 13.2. The SMILES string of the molecule is O=C(Nc1nccs1)C(CC1CCCCC1)N1CCN(C(=S)NC2CCCC2)CC1=O. The summed E-state index contributed by atoms with van der Waals surface area (Å²) in [7, 11) is 0. The Morgan fingerprint density at radius 2 is 1.90 bits per heavy atom. The number of carbonyl (C=O) groups excluding carboxylic acids is 2. The lowest BCUT2D eigenvalue weighted by molar-refractivity contribution is -0.142. The molecular weight excluding hydrogens is 430 g/mol. The van der Waals surface area contributed by atoms with E-state index in [0.717, 1.165) is 32.1 Å². The summed E-state index contributed by atoms with van der Waals surface area (Å²) in [5.74, 6) is 0.364. The van der Waals surface area contributed by atoms with Gasteiger partial charge in [0.1, 0.15) is 6.04 Å². The molecule has 1 unspecified atom stereocenters. The zero-order valence-electron chi connectivity index (χ0n) is 18.1. The van der Waals surface area contributed by atoms with E-state index >= 15 is 0 Å². The molecule has 0 spiro atoms. The second-order valence-corrected chi connectivity index (χ2v) is 10.3. The molecule has 2 saturated carbocycles. The smallest absolute Gasteiger partial charge is 0.248 e. The van der Waals surface area contributed by atoms with Gasteiger partial charge in [-0.15, -0.1) is 11.3 Å². The zero-order chi connectivity index (χ0) is 21.6. The van der Waals surface area contributed by atoms with Gasteiger partial charge in [0.2, 0.25) is 11.8 Å². The third-order valence-corrected chi connectivity index (χ3v) is 7.91. The number of aromatic nitrogens is 1. The van der Waals surface area contributed by atoms with E-state index in [1.165, 1.54) is 43.4 Å². The van der Waals surface area contributed by atoms with Gasteiger partial charge in [0.25, 0.3) is 0 Å². The molecule has 2 N–H and O–H groups in total. The molecule has 0 bridgehead atoms. The minimum atomic E-state index is -0.446. The molecule has 1 aromatic rings. The van der Waals surface area contributed by atoms with Crippen LogP contribution in [-0.4, -0.2) is 63.4 Å². The van der Waals surface area contributed by atoms with Gasteiger partial charge in [0, 0.05) is 30.7 Å². The van der Waals surface area contributed by atoms with Gasteiger partial charge >= 0.3 is 0 Å². The van der Waals surface area contributed by atoms with Crippen molar-refractivity contribution in [1.82, 2.24) is 20.1 Å². The van der Waals surface area contributed by atoms with Gasteiger partial charge in [-0.2, -0.15) is 0 Å². The van der Waals surface area contributed by atoms with Gasteiger partial charge in [-0.05, 0) is 37.4 Å². The largest absolute Gasteiger partial charge is 0.360 e. The molecule has 0 aromatic carbocycles. The summed E-state index contributed by atoms with van der Waals surface area (Å²) in [6.07, 6.45) is 13.2. The third kappa shape index (κ3) is 5.94. The number of hydrogen-bond acceptors (Lipinski definition) is 5. The van der Waals surface area contributed by atoms with Gasteiger partial charge in [-0.3, -0.25) is 9.59 Å². The maximum Gasteiger partial charge on any atom is 0.248 e.